The van der Waals surface area contributed by atoms with Crippen molar-refractivity contribution in [1.82, 2.24) is 19.5 Å². The topological polar surface area (TPSA) is 43.6 Å². The Hall–Kier alpha value is -8.21. The predicted octanol–water partition coefficient (Wildman–Crippen LogP) is 14.8. The van der Waals surface area contributed by atoms with E-state index in [1.807, 2.05) is 36.4 Å². The van der Waals surface area contributed by atoms with Crippen LogP contribution in [0.2, 0.25) is 0 Å². The van der Waals surface area contributed by atoms with Gasteiger partial charge in [0.25, 0.3) is 0 Å². The molecule has 0 amide bonds. The van der Waals surface area contributed by atoms with Crippen molar-refractivity contribution < 1.29 is 0 Å². The van der Waals surface area contributed by atoms with Gasteiger partial charge in [-0.1, -0.05) is 188 Å². The van der Waals surface area contributed by atoms with Gasteiger partial charge in [0.15, 0.2) is 17.5 Å². The Bertz CT molecular complexity index is 3560. The molecule has 0 spiro atoms. The molecule has 12 rings (SSSR count). The van der Waals surface area contributed by atoms with Gasteiger partial charge in [0, 0.05) is 33.2 Å². The van der Waals surface area contributed by atoms with E-state index in [4.69, 9.17) is 15.0 Å². The zero-order chi connectivity index (χ0) is 40.3. The molecular weight excluding hydrogens is 741 g/mol. The number of hydrogen-bond acceptors (Lipinski definition) is 3. The van der Waals surface area contributed by atoms with Crippen LogP contribution >= 0.6 is 0 Å². The number of rotatable bonds is 6. The molecule has 0 aliphatic carbocycles. The fraction of sp³-hybridized carbons (Fsp3) is 0. The van der Waals surface area contributed by atoms with Crippen molar-refractivity contribution in [3.8, 4) is 62.1 Å². The molecule has 4 heteroatoms. The van der Waals surface area contributed by atoms with E-state index in [1.54, 1.807) is 0 Å². The highest BCUT2D eigenvalue weighted by molar-refractivity contribution is 6.29. The third-order valence-electron chi connectivity index (χ3n) is 12.0. The molecule has 4 nitrogen and oxygen atoms in total. The molecule has 0 radical (unpaired) electrons. The second kappa shape index (κ2) is 14.3. The average molecular weight is 777 g/mol. The zero-order valence-electron chi connectivity index (χ0n) is 33.1. The Kier molecular flexibility index (Phi) is 8.13. The largest absolute Gasteiger partial charge is 0.309 e. The number of hydrogen-bond donors (Lipinski definition) is 0. The fourth-order valence-corrected chi connectivity index (χ4v) is 9.17. The minimum absolute atomic E-state index is 0.637. The Morgan fingerprint density at radius 3 is 1.39 bits per heavy atom. The lowest BCUT2D eigenvalue weighted by Crippen LogP contribution is -2.00. The highest BCUT2D eigenvalue weighted by Gasteiger charge is 2.19. The molecule has 10 aromatic carbocycles. The van der Waals surface area contributed by atoms with E-state index >= 15 is 0 Å². The molecule has 61 heavy (non-hydrogen) atoms. The van der Waals surface area contributed by atoms with E-state index in [9.17, 15) is 0 Å². The van der Waals surface area contributed by atoms with Gasteiger partial charge < -0.3 is 4.57 Å². The van der Waals surface area contributed by atoms with E-state index in [-0.39, 0.29) is 0 Å². The molecule has 284 valence electrons. The van der Waals surface area contributed by atoms with Crippen LogP contribution in [-0.2, 0) is 0 Å². The van der Waals surface area contributed by atoms with Gasteiger partial charge in [0.2, 0.25) is 0 Å². The van der Waals surface area contributed by atoms with E-state index in [2.05, 4.69) is 187 Å². The summed E-state index contributed by atoms with van der Waals surface area (Å²) in [5.41, 5.74) is 11.0. The molecule has 0 N–H and O–H groups in total. The first-order valence-electron chi connectivity index (χ1n) is 20.7. The first-order valence-corrected chi connectivity index (χ1v) is 20.7. The van der Waals surface area contributed by atoms with Gasteiger partial charge in [0.05, 0.1) is 11.0 Å². The summed E-state index contributed by atoms with van der Waals surface area (Å²) in [6.45, 7) is 0. The summed E-state index contributed by atoms with van der Waals surface area (Å²) in [5, 5.41) is 9.66. The number of fused-ring (bicyclic) bond motifs is 9. The summed E-state index contributed by atoms with van der Waals surface area (Å²) in [6, 6.07) is 77.7. The van der Waals surface area contributed by atoms with Crippen LogP contribution in [0, 0.1) is 0 Å². The van der Waals surface area contributed by atoms with Crippen molar-refractivity contribution in [1.29, 1.82) is 0 Å². The van der Waals surface area contributed by atoms with Crippen molar-refractivity contribution in [2.75, 3.05) is 0 Å². The SMILES string of the molecule is c1ccc(-c2ccc(-n3c4ccccc4c4ccc(-c5cccc6c7ccccc7c7ccc(-c8nc(-c9ccccc9)nc(-c9ccccc9)n8)cc7c56)cc43)cc2)cc1. The van der Waals surface area contributed by atoms with Crippen molar-refractivity contribution >= 4 is 54.1 Å². The van der Waals surface area contributed by atoms with E-state index in [1.165, 1.54) is 65.4 Å². The number of para-hydroxylation sites is 1. The zero-order valence-corrected chi connectivity index (χ0v) is 33.1. The quantitative estimate of drug-likeness (QED) is 0.158. The lowest BCUT2D eigenvalue weighted by molar-refractivity contribution is 1.07. The second-order valence-electron chi connectivity index (χ2n) is 15.6. The summed E-state index contributed by atoms with van der Waals surface area (Å²) in [6.07, 6.45) is 0. The van der Waals surface area contributed by atoms with Crippen LogP contribution in [0.15, 0.2) is 218 Å². The minimum Gasteiger partial charge on any atom is -0.309 e. The van der Waals surface area contributed by atoms with Crippen molar-refractivity contribution in [2.45, 2.75) is 0 Å². The molecule has 0 saturated carbocycles. The summed E-state index contributed by atoms with van der Waals surface area (Å²) in [5.74, 6) is 1.93. The van der Waals surface area contributed by atoms with Gasteiger partial charge in [-0.3, -0.25) is 0 Å². The molecule has 0 bridgehead atoms. The highest BCUT2D eigenvalue weighted by Crippen LogP contribution is 2.43. The molecule has 2 heterocycles. The van der Waals surface area contributed by atoms with E-state index < -0.39 is 0 Å². The van der Waals surface area contributed by atoms with Crippen LogP contribution in [0.4, 0.5) is 0 Å². The van der Waals surface area contributed by atoms with Crippen LogP contribution in [0.1, 0.15) is 0 Å². The van der Waals surface area contributed by atoms with Gasteiger partial charge >= 0.3 is 0 Å². The highest BCUT2D eigenvalue weighted by atomic mass is 15.0. The first-order chi connectivity index (χ1) is 30.2. The van der Waals surface area contributed by atoms with Gasteiger partial charge in [0.1, 0.15) is 0 Å². The van der Waals surface area contributed by atoms with Gasteiger partial charge in [-0.05, 0) is 84.9 Å². The molecule has 2 aromatic heterocycles. The van der Waals surface area contributed by atoms with Crippen LogP contribution in [-0.4, -0.2) is 19.5 Å². The smallest absolute Gasteiger partial charge is 0.164 e. The van der Waals surface area contributed by atoms with Gasteiger partial charge in [-0.25, -0.2) is 15.0 Å². The maximum absolute atomic E-state index is 5.12. The maximum atomic E-state index is 5.12. The summed E-state index contributed by atoms with van der Waals surface area (Å²) in [4.78, 5) is 15.2. The second-order valence-corrected chi connectivity index (χ2v) is 15.6. The fourth-order valence-electron chi connectivity index (χ4n) is 9.17. The predicted molar refractivity (Wildman–Crippen MR) is 254 cm³/mol. The molecule has 0 saturated heterocycles. The third kappa shape index (κ3) is 5.88. The Labute approximate surface area is 352 Å². The monoisotopic (exact) mass is 776 g/mol. The van der Waals surface area contributed by atoms with E-state index in [0.29, 0.717) is 17.5 Å². The van der Waals surface area contributed by atoms with E-state index in [0.717, 1.165) is 33.3 Å². The number of benzene rings is 10. The Balaban J connectivity index is 1.09. The summed E-state index contributed by atoms with van der Waals surface area (Å²) >= 11 is 0. The maximum Gasteiger partial charge on any atom is 0.164 e. The van der Waals surface area contributed by atoms with Gasteiger partial charge in [-0.2, -0.15) is 0 Å². The Morgan fingerprint density at radius 2 is 0.721 bits per heavy atom. The third-order valence-corrected chi connectivity index (χ3v) is 12.0. The average Bonchev–Trinajstić information content (AvgIpc) is 3.68. The number of nitrogens with zero attached hydrogens (tertiary/aromatic N) is 4. The normalized spacial score (nSPS) is 11.6. The van der Waals surface area contributed by atoms with Crippen molar-refractivity contribution in [3.05, 3.63) is 218 Å². The standard InChI is InChI=1S/C57H36N4/c1-4-15-37(16-5-1)38-27-31-43(32-28-38)61-52-26-13-12-23-48(52)49-34-29-41(36-53(49)61)44-24-14-25-50-46-22-11-10-21-45(46)47-33-30-42(35-51(47)54(44)50)57-59-55(39-17-6-2-7-18-39)58-56(60-57)40-19-8-3-9-20-40/h1-36H. The molecule has 12 aromatic rings. The molecule has 0 unspecified atom stereocenters. The molecule has 0 aliphatic rings. The molecule has 0 aliphatic heterocycles. The van der Waals surface area contributed by atoms with Crippen molar-refractivity contribution in [2.24, 2.45) is 0 Å². The van der Waals surface area contributed by atoms with Crippen LogP contribution in [0.5, 0.6) is 0 Å². The molecular formula is C57H36N4. The minimum atomic E-state index is 0.637. The first kappa shape index (κ1) is 34.8. The van der Waals surface area contributed by atoms with Crippen molar-refractivity contribution in [3.63, 3.8) is 0 Å². The lowest BCUT2D eigenvalue weighted by Gasteiger charge is -2.16. The Morgan fingerprint density at radius 1 is 0.262 bits per heavy atom. The van der Waals surface area contributed by atoms with Crippen LogP contribution in [0.3, 0.4) is 0 Å². The number of aromatic nitrogens is 4. The molecule has 0 fully saturated rings. The van der Waals surface area contributed by atoms with Crippen LogP contribution < -0.4 is 0 Å². The van der Waals surface area contributed by atoms with Crippen LogP contribution in [0.25, 0.3) is 116 Å². The van der Waals surface area contributed by atoms with Gasteiger partial charge in [-0.15, -0.1) is 0 Å². The summed E-state index contributed by atoms with van der Waals surface area (Å²) < 4.78 is 2.41. The summed E-state index contributed by atoms with van der Waals surface area (Å²) in [7, 11) is 0. The molecule has 0 atom stereocenters. The lowest BCUT2D eigenvalue weighted by atomic mass is 9.88.